The minimum Gasteiger partial charge on any atom is -0.507 e. The Morgan fingerprint density at radius 3 is 2.50 bits per heavy atom. The zero-order chi connectivity index (χ0) is 21.7. The molecule has 154 valence electrons. The molecule has 0 saturated heterocycles. The molecule has 12 heteroatoms. The number of nitro benzene ring substituents is 1. The fourth-order valence-electron chi connectivity index (χ4n) is 2.25. The van der Waals surface area contributed by atoms with Gasteiger partial charge in [-0.05, 0) is 30.3 Å². The number of rotatable bonds is 7. The molecule has 0 fully saturated rings. The van der Waals surface area contributed by atoms with E-state index in [0.29, 0.717) is 11.6 Å². The molecule has 0 atom stereocenters. The number of hydrazone groups is 1. The van der Waals surface area contributed by atoms with Gasteiger partial charge in [0.15, 0.2) is 0 Å². The minimum absolute atomic E-state index is 0.0829. The Bertz CT molecular complexity index is 1090. The van der Waals surface area contributed by atoms with Crippen LogP contribution in [-0.4, -0.2) is 45.3 Å². The van der Waals surface area contributed by atoms with Crippen LogP contribution in [0.4, 0.5) is 33.6 Å². The molecule has 0 radical (unpaired) electrons. The van der Waals surface area contributed by atoms with Crippen LogP contribution >= 0.6 is 0 Å². The Labute approximate surface area is 170 Å². The third-order valence-electron chi connectivity index (χ3n) is 3.71. The number of nitrogens with zero attached hydrogens (tertiary/aromatic N) is 6. The van der Waals surface area contributed by atoms with Crippen LogP contribution in [0.2, 0.25) is 0 Å². The van der Waals surface area contributed by atoms with Crippen LogP contribution in [0.5, 0.6) is 5.75 Å². The molecule has 0 spiro atoms. The van der Waals surface area contributed by atoms with Crippen molar-refractivity contribution in [3.8, 4) is 5.75 Å². The first-order valence-corrected chi connectivity index (χ1v) is 8.54. The molecule has 0 unspecified atom stereocenters. The van der Waals surface area contributed by atoms with Gasteiger partial charge in [-0.1, -0.05) is 0 Å². The lowest BCUT2D eigenvalue weighted by Gasteiger charge is -2.13. The van der Waals surface area contributed by atoms with E-state index in [1.807, 2.05) is 0 Å². The maximum absolute atomic E-state index is 13.1. The molecule has 11 nitrogen and oxygen atoms in total. The highest BCUT2D eigenvalue weighted by atomic mass is 19.1. The van der Waals surface area contributed by atoms with Crippen molar-refractivity contribution < 1.29 is 14.4 Å². The maximum Gasteiger partial charge on any atom is 0.270 e. The standard InChI is InChI=1S/C18H17FN8O3/c1-26(2)18-23-16(21-13-5-3-12(19)4-6-13)22-17(24-18)25-20-10-11-9-14(27(29)30)7-8-15(11)28/h3-10,28H,1-2H3,(H2,21,22,23,24,25)/b20-10+. The normalized spacial score (nSPS) is 10.8. The fourth-order valence-corrected chi connectivity index (χ4v) is 2.25. The van der Waals surface area contributed by atoms with Crippen LogP contribution in [0.1, 0.15) is 5.56 Å². The topological polar surface area (TPSA) is 142 Å². The quantitative estimate of drug-likeness (QED) is 0.303. The summed E-state index contributed by atoms with van der Waals surface area (Å²) in [5.41, 5.74) is 3.13. The second-order valence-corrected chi connectivity index (χ2v) is 6.18. The van der Waals surface area contributed by atoms with E-state index in [9.17, 15) is 19.6 Å². The summed E-state index contributed by atoms with van der Waals surface area (Å²) < 4.78 is 13.1. The molecular weight excluding hydrogens is 395 g/mol. The summed E-state index contributed by atoms with van der Waals surface area (Å²) in [6, 6.07) is 9.23. The fraction of sp³-hybridized carbons (Fsp3) is 0.111. The summed E-state index contributed by atoms with van der Waals surface area (Å²) in [7, 11) is 3.48. The first-order valence-electron chi connectivity index (χ1n) is 8.54. The average Bonchev–Trinajstić information content (AvgIpc) is 2.71. The van der Waals surface area contributed by atoms with Crippen molar-refractivity contribution in [2.75, 3.05) is 29.7 Å². The van der Waals surface area contributed by atoms with E-state index in [0.717, 1.165) is 0 Å². The molecule has 0 aliphatic heterocycles. The summed E-state index contributed by atoms with van der Waals surface area (Å²) in [6.07, 6.45) is 1.20. The molecule has 30 heavy (non-hydrogen) atoms. The van der Waals surface area contributed by atoms with E-state index in [4.69, 9.17) is 0 Å². The third-order valence-corrected chi connectivity index (χ3v) is 3.71. The van der Waals surface area contributed by atoms with E-state index in [-0.39, 0.29) is 34.7 Å². The zero-order valence-electron chi connectivity index (χ0n) is 15.9. The first-order chi connectivity index (χ1) is 14.3. The second kappa shape index (κ2) is 8.77. The lowest BCUT2D eigenvalue weighted by molar-refractivity contribution is -0.384. The van der Waals surface area contributed by atoms with Gasteiger partial charge in [0.05, 0.1) is 11.1 Å². The number of non-ortho nitro benzene ring substituents is 1. The molecule has 3 N–H and O–H groups in total. The molecule has 0 saturated carbocycles. The van der Waals surface area contributed by atoms with Crippen molar-refractivity contribution >= 4 is 35.4 Å². The van der Waals surface area contributed by atoms with Gasteiger partial charge in [0.25, 0.3) is 5.69 Å². The number of anilines is 4. The predicted molar refractivity (Wildman–Crippen MR) is 110 cm³/mol. The van der Waals surface area contributed by atoms with Crippen molar-refractivity contribution in [2.24, 2.45) is 5.10 Å². The van der Waals surface area contributed by atoms with Crippen molar-refractivity contribution in [1.82, 2.24) is 15.0 Å². The number of hydrogen-bond acceptors (Lipinski definition) is 10. The second-order valence-electron chi connectivity index (χ2n) is 6.18. The predicted octanol–water partition coefficient (Wildman–Crippen LogP) is 2.88. The highest BCUT2D eigenvalue weighted by molar-refractivity contribution is 5.84. The number of hydrogen-bond donors (Lipinski definition) is 3. The number of aromatic nitrogens is 3. The number of aromatic hydroxyl groups is 1. The highest BCUT2D eigenvalue weighted by Crippen LogP contribution is 2.21. The lowest BCUT2D eigenvalue weighted by Crippen LogP contribution is -2.15. The van der Waals surface area contributed by atoms with Crippen molar-refractivity contribution in [3.63, 3.8) is 0 Å². The smallest absolute Gasteiger partial charge is 0.270 e. The van der Waals surface area contributed by atoms with Crippen molar-refractivity contribution in [3.05, 3.63) is 64.0 Å². The molecule has 0 amide bonds. The average molecular weight is 412 g/mol. The van der Waals surface area contributed by atoms with Gasteiger partial charge in [0.2, 0.25) is 17.8 Å². The number of halogens is 1. The SMILES string of the molecule is CN(C)c1nc(N/N=C/c2cc([N+](=O)[O-])ccc2O)nc(Nc2ccc(F)cc2)n1. The Hall–Kier alpha value is -4.35. The summed E-state index contributed by atoms with van der Waals surface area (Å²) in [4.78, 5) is 24.6. The molecule has 2 aromatic carbocycles. The minimum atomic E-state index is -0.576. The molecule has 0 aliphatic rings. The van der Waals surface area contributed by atoms with Gasteiger partial charge in [-0.3, -0.25) is 10.1 Å². The van der Waals surface area contributed by atoms with E-state index in [1.54, 1.807) is 19.0 Å². The summed E-state index contributed by atoms with van der Waals surface area (Å²) in [5, 5.41) is 27.6. The van der Waals surface area contributed by atoms with Gasteiger partial charge < -0.3 is 15.3 Å². The molecular formula is C18H17FN8O3. The zero-order valence-corrected chi connectivity index (χ0v) is 15.9. The Morgan fingerprint density at radius 1 is 1.13 bits per heavy atom. The third kappa shape index (κ3) is 5.13. The summed E-state index contributed by atoms with van der Waals surface area (Å²) in [5.74, 6) is 0.0573. The summed E-state index contributed by atoms with van der Waals surface area (Å²) in [6.45, 7) is 0. The summed E-state index contributed by atoms with van der Waals surface area (Å²) >= 11 is 0. The number of phenolic OH excluding ortho intramolecular Hbond substituents is 1. The van der Waals surface area contributed by atoms with E-state index < -0.39 is 4.92 Å². The van der Waals surface area contributed by atoms with Crippen LogP contribution in [0.3, 0.4) is 0 Å². The van der Waals surface area contributed by atoms with Crippen LogP contribution in [0.25, 0.3) is 0 Å². The lowest BCUT2D eigenvalue weighted by atomic mass is 10.2. The van der Waals surface area contributed by atoms with Gasteiger partial charge in [0.1, 0.15) is 11.6 Å². The number of phenols is 1. The number of benzene rings is 2. The molecule has 3 aromatic rings. The van der Waals surface area contributed by atoms with Crippen LogP contribution < -0.4 is 15.6 Å². The van der Waals surface area contributed by atoms with Gasteiger partial charge >= 0.3 is 0 Å². The van der Waals surface area contributed by atoms with Crippen LogP contribution in [-0.2, 0) is 0 Å². The number of nitrogens with one attached hydrogen (secondary N) is 2. The van der Waals surface area contributed by atoms with Crippen molar-refractivity contribution in [2.45, 2.75) is 0 Å². The molecule has 1 heterocycles. The first kappa shape index (κ1) is 20.4. The van der Waals surface area contributed by atoms with E-state index >= 15 is 0 Å². The van der Waals surface area contributed by atoms with Crippen molar-refractivity contribution in [1.29, 1.82) is 0 Å². The molecule has 1 aromatic heterocycles. The highest BCUT2D eigenvalue weighted by Gasteiger charge is 2.10. The maximum atomic E-state index is 13.1. The largest absolute Gasteiger partial charge is 0.507 e. The van der Waals surface area contributed by atoms with Gasteiger partial charge in [-0.15, -0.1) is 0 Å². The Balaban J connectivity index is 1.82. The van der Waals surface area contributed by atoms with E-state index in [1.165, 1.54) is 48.7 Å². The van der Waals surface area contributed by atoms with Gasteiger partial charge in [-0.25, -0.2) is 9.82 Å². The number of nitro groups is 1. The molecule has 3 rings (SSSR count). The van der Waals surface area contributed by atoms with E-state index in [2.05, 4.69) is 30.8 Å². The molecule has 0 bridgehead atoms. The monoisotopic (exact) mass is 412 g/mol. The van der Waals surface area contributed by atoms with Crippen LogP contribution in [0, 0.1) is 15.9 Å². The molecule has 0 aliphatic carbocycles. The van der Waals surface area contributed by atoms with Crippen LogP contribution in [0.15, 0.2) is 47.6 Å². The van der Waals surface area contributed by atoms with Gasteiger partial charge in [-0.2, -0.15) is 20.1 Å². The Kier molecular flexibility index (Phi) is 5.96. The van der Waals surface area contributed by atoms with Gasteiger partial charge in [0, 0.05) is 37.5 Å². The Morgan fingerprint density at radius 2 is 1.83 bits per heavy atom.